The van der Waals surface area contributed by atoms with Gasteiger partial charge in [0.1, 0.15) is 0 Å². The number of benzene rings is 1. The zero-order valence-electron chi connectivity index (χ0n) is 13.0. The summed E-state index contributed by atoms with van der Waals surface area (Å²) < 4.78 is 102. The molecule has 0 fully saturated rings. The Morgan fingerprint density at radius 3 is 2.18 bits per heavy atom. The molecule has 1 aromatic heterocycles. The van der Waals surface area contributed by atoms with E-state index in [1.54, 1.807) is 0 Å². The molecule has 0 unspecified atom stereocenters. The quantitative estimate of drug-likeness (QED) is 0.634. The zero-order valence-corrected chi connectivity index (χ0v) is 13.8. The lowest BCUT2D eigenvalue weighted by molar-refractivity contribution is -0.145. The molecular weight excluding hydrogens is 424 g/mol. The van der Waals surface area contributed by atoms with Gasteiger partial charge in [0.2, 0.25) is 11.8 Å². The Morgan fingerprint density at radius 2 is 1.61 bits per heavy atom. The first-order chi connectivity index (χ1) is 12.7. The molecule has 0 bridgehead atoms. The van der Waals surface area contributed by atoms with Crippen molar-refractivity contribution in [3.8, 4) is 0 Å². The standard InChI is InChI=1S/C12H7F6N5O4S/c13-11(14,15)5-3-1-2-4-6(5)28(26,27)23-10(25)22-8-19-7(12(16,17)18)20-9(24)21-8/h1-4H,(H3,19,20,21,22,23,24,25). The molecule has 2 aromatic rings. The van der Waals surface area contributed by atoms with Gasteiger partial charge < -0.3 is 0 Å². The Morgan fingerprint density at radius 1 is 1.00 bits per heavy atom. The predicted octanol–water partition coefficient (Wildman–Crippen LogP) is 1.71. The minimum Gasteiger partial charge on any atom is -0.286 e. The molecule has 16 heteroatoms. The second kappa shape index (κ2) is 7.10. The number of hydrogen-bond acceptors (Lipinski definition) is 6. The molecule has 0 aliphatic heterocycles. The van der Waals surface area contributed by atoms with Crippen molar-refractivity contribution in [3.63, 3.8) is 0 Å². The molecule has 9 nitrogen and oxygen atoms in total. The minimum atomic E-state index is -5.12. The minimum absolute atomic E-state index is 0.446. The lowest BCUT2D eigenvalue weighted by Crippen LogP contribution is -2.36. The van der Waals surface area contributed by atoms with Crippen molar-refractivity contribution in [2.24, 2.45) is 0 Å². The third-order valence-corrected chi connectivity index (χ3v) is 4.24. The summed E-state index contributed by atoms with van der Waals surface area (Å²) in [5.41, 5.74) is -3.15. The maximum atomic E-state index is 12.9. The number of amides is 2. The molecule has 0 aliphatic carbocycles. The molecule has 1 heterocycles. The van der Waals surface area contributed by atoms with E-state index in [1.807, 2.05) is 0 Å². The largest absolute Gasteiger partial charge is 0.449 e. The van der Waals surface area contributed by atoms with Gasteiger partial charge in [-0.25, -0.2) is 22.7 Å². The van der Waals surface area contributed by atoms with Crippen LogP contribution in [0.1, 0.15) is 11.4 Å². The highest BCUT2D eigenvalue weighted by molar-refractivity contribution is 7.90. The Kier molecular flexibility index (Phi) is 5.36. The lowest BCUT2D eigenvalue weighted by atomic mass is 10.2. The molecule has 28 heavy (non-hydrogen) atoms. The summed E-state index contributed by atoms with van der Waals surface area (Å²) in [6.45, 7) is 0. The number of nitrogens with one attached hydrogen (secondary N) is 3. The molecule has 3 N–H and O–H groups in total. The van der Waals surface area contributed by atoms with Gasteiger partial charge in [0.05, 0.1) is 10.5 Å². The zero-order chi connectivity index (χ0) is 21.3. The molecule has 0 aliphatic rings. The summed E-state index contributed by atoms with van der Waals surface area (Å²) in [7, 11) is -5.09. The lowest BCUT2D eigenvalue weighted by Gasteiger charge is -2.13. The summed E-state index contributed by atoms with van der Waals surface area (Å²) in [5, 5.41) is 1.43. The number of urea groups is 1. The number of hydrogen-bond donors (Lipinski definition) is 3. The topological polar surface area (TPSA) is 134 Å². The fourth-order valence-electron chi connectivity index (χ4n) is 1.81. The Balaban J connectivity index is 2.29. The van der Waals surface area contributed by atoms with Crippen molar-refractivity contribution >= 4 is 22.0 Å². The summed E-state index contributed by atoms with van der Waals surface area (Å²) in [5.74, 6) is -3.07. The van der Waals surface area contributed by atoms with Crippen LogP contribution in [0.4, 0.5) is 37.1 Å². The summed E-state index contributed by atoms with van der Waals surface area (Å²) >= 11 is 0. The van der Waals surface area contributed by atoms with Crippen LogP contribution in [0.25, 0.3) is 0 Å². The van der Waals surface area contributed by atoms with Gasteiger partial charge in [0, 0.05) is 0 Å². The van der Waals surface area contributed by atoms with E-state index in [-0.39, 0.29) is 0 Å². The van der Waals surface area contributed by atoms with Crippen molar-refractivity contribution in [1.82, 2.24) is 19.7 Å². The second-order valence-corrected chi connectivity index (χ2v) is 6.53. The van der Waals surface area contributed by atoms with E-state index in [2.05, 4.69) is 9.97 Å². The number of anilines is 1. The number of halogens is 6. The Bertz CT molecular complexity index is 1060. The SMILES string of the molecule is O=C(Nc1nc(C(F)(F)F)[nH]c(=O)n1)NS(=O)(=O)c1ccccc1C(F)(F)F. The Labute approximate surface area is 150 Å². The van der Waals surface area contributed by atoms with Crippen LogP contribution in [0.2, 0.25) is 0 Å². The van der Waals surface area contributed by atoms with Crippen molar-refractivity contribution < 1.29 is 39.6 Å². The average Bonchev–Trinajstić information content (AvgIpc) is 2.52. The van der Waals surface area contributed by atoms with Crippen molar-refractivity contribution in [2.75, 3.05) is 5.32 Å². The molecule has 1 aromatic carbocycles. The summed E-state index contributed by atoms with van der Waals surface area (Å²) in [6.07, 6.45) is -10.2. The molecule has 0 spiro atoms. The summed E-state index contributed by atoms with van der Waals surface area (Å²) in [6, 6.07) is 1.07. The number of aromatic nitrogens is 3. The normalized spacial score (nSPS) is 12.5. The number of rotatable bonds is 3. The van der Waals surface area contributed by atoms with Gasteiger partial charge in [-0.2, -0.15) is 36.3 Å². The van der Waals surface area contributed by atoms with E-state index in [4.69, 9.17) is 0 Å². The Hall–Kier alpha value is -3.17. The molecule has 2 rings (SSSR count). The first-order valence-electron chi connectivity index (χ1n) is 6.76. The van der Waals surface area contributed by atoms with Gasteiger partial charge in [-0.15, -0.1) is 0 Å². The fourth-order valence-corrected chi connectivity index (χ4v) is 2.95. The van der Waals surface area contributed by atoms with Gasteiger partial charge in [-0.3, -0.25) is 10.3 Å². The smallest absolute Gasteiger partial charge is 0.286 e. The molecule has 0 saturated carbocycles. The number of carbonyl (C=O) groups is 1. The third-order valence-electron chi connectivity index (χ3n) is 2.85. The highest BCUT2D eigenvalue weighted by Gasteiger charge is 2.38. The van der Waals surface area contributed by atoms with Crippen LogP contribution in [-0.4, -0.2) is 29.4 Å². The van der Waals surface area contributed by atoms with E-state index >= 15 is 0 Å². The number of alkyl halides is 6. The highest BCUT2D eigenvalue weighted by Crippen LogP contribution is 2.33. The van der Waals surface area contributed by atoms with Crippen LogP contribution in [0.5, 0.6) is 0 Å². The van der Waals surface area contributed by atoms with Crippen molar-refractivity contribution in [1.29, 1.82) is 0 Å². The number of nitrogens with zero attached hydrogens (tertiary/aromatic N) is 2. The van der Waals surface area contributed by atoms with Crippen LogP contribution in [-0.2, 0) is 22.4 Å². The number of sulfonamides is 1. The monoisotopic (exact) mass is 431 g/mol. The number of aromatic amines is 1. The van der Waals surface area contributed by atoms with E-state index in [0.29, 0.717) is 12.1 Å². The first-order valence-corrected chi connectivity index (χ1v) is 8.24. The van der Waals surface area contributed by atoms with Crippen LogP contribution in [0.15, 0.2) is 34.0 Å². The van der Waals surface area contributed by atoms with Crippen LogP contribution in [0.3, 0.4) is 0 Å². The van der Waals surface area contributed by atoms with Crippen molar-refractivity contribution in [2.45, 2.75) is 17.2 Å². The van der Waals surface area contributed by atoms with Crippen molar-refractivity contribution in [3.05, 3.63) is 46.1 Å². The van der Waals surface area contributed by atoms with Gasteiger partial charge in [0.15, 0.2) is 0 Å². The molecule has 152 valence electrons. The van der Waals surface area contributed by atoms with Crippen LogP contribution in [0, 0.1) is 0 Å². The fraction of sp³-hybridized carbons (Fsp3) is 0.167. The van der Waals surface area contributed by atoms with E-state index in [0.717, 1.165) is 16.9 Å². The van der Waals surface area contributed by atoms with E-state index < -0.39 is 56.3 Å². The first kappa shape index (κ1) is 21.1. The maximum absolute atomic E-state index is 12.9. The average molecular weight is 431 g/mol. The van der Waals surface area contributed by atoms with Gasteiger partial charge in [0.25, 0.3) is 10.0 Å². The third kappa shape index (κ3) is 4.96. The molecular formula is C12H7F6N5O4S. The second-order valence-electron chi connectivity index (χ2n) is 4.88. The number of H-pyrrole nitrogens is 1. The van der Waals surface area contributed by atoms with E-state index in [1.165, 1.54) is 10.3 Å². The predicted molar refractivity (Wildman–Crippen MR) is 78.4 cm³/mol. The summed E-state index contributed by atoms with van der Waals surface area (Å²) in [4.78, 5) is 28.3. The van der Waals surface area contributed by atoms with Gasteiger partial charge in [-0.1, -0.05) is 12.1 Å². The molecule has 0 atom stereocenters. The molecule has 0 saturated heterocycles. The molecule has 2 amide bonds. The highest BCUT2D eigenvalue weighted by atomic mass is 32.2. The van der Waals surface area contributed by atoms with E-state index in [9.17, 15) is 44.3 Å². The van der Waals surface area contributed by atoms with Gasteiger partial charge >= 0.3 is 24.1 Å². The maximum Gasteiger partial charge on any atom is 0.449 e. The number of carbonyl (C=O) groups excluding carboxylic acids is 1. The molecule has 0 radical (unpaired) electrons. The van der Waals surface area contributed by atoms with Gasteiger partial charge in [-0.05, 0) is 12.1 Å². The van der Waals surface area contributed by atoms with Crippen LogP contribution >= 0.6 is 0 Å². The van der Waals surface area contributed by atoms with Crippen LogP contribution < -0.4 is 15.7 Å².